The van der Waals surface area contributed by atoms with E-state index in [1.165, 1.54) is 18.2 Å². The van der Waals surface area contributed by atoms with Crippen LogP contribution in [0.15, 0.2) is 24.3 Å². The summed E-state index contributed by atoms with van der Waals surface area (Å²) < 4.78 is 46.1. The molecule has 0 radical (unpaired) electrons. The quantitative estimate of drug-likeness (QED) is 0.916. The summed E-state index contributed by atoms with van der Waals surface area (Å²) in [5, 5.41) is 3.23. The molecule has 0 amide bonds. The van der Waals surface area contributed by atoms with Crippen molar-refractivity contribution >= 4 is 0 Å². The summed E-state index contributed by atoms with van der Waals surface area (Å²) in [5.74, 6) is 0.225. The first-order chi connectivity index (χ1) is 9.04. The summed E-state index contributed by atoms with van der Waals surface area (Å²) in [6.45, 7) is 2.27. The van der Waals surface area contributed by atoms with Crippen molar-refractivity contribution in [2.45, 2.75) is 19.2 Å². The van der Waals surface area contributed by atoms with Gasteiger partial charge in [0.2, 0.25) is 0 Å². The summed E-state index contributed by atoms with van der Waals surface area (Å²) in [6.07, 6.45) is -2.75. The Balaban J connectivity index is 1.95. The largest absolute Gasteiger partial charge is 0.573 e. The Morgan fingerprint density at radius 1 is 1.11 bits per heavy atom. The molecule has 19 heavy (non-hydrogen) atoms. The van der Waals surface area contributed by atoms with Crippen LogP contribution < -0.4 is 14.8 Å². The lowest BCUT2D eigenvalue weighted by molar-refractivity contribution is -0.275. The molecule has 0 saturated carbocycles. The molecule has 1 aromatic carbocycles. The summed E-state index contributed by atoms with van der Waals surface area (Å²) >= 11 is 0. The average Bonchev–Trinajstić information content (AvgIpc) is 2.37. The fourth-order valence-electron chi connectivity index (χ4n) is 2.03. The Hall–Kier alpha value is -1.43. The number of hydrogen-bond donors (Lipinski definition) is 1. The fraction of sp³-hybridized carbons (Fsp3) is 0.538. The molecule has 0 bridgehead atoms. The minimum absolute atomic E-state index is 0.137. The highest BCUT2D eigenvalue weighted by Crippen LogP contribution is 2.32. The van der Waals surface area contributed by atoms with Crippen LogP contribution in [0.25, 0.3) is 0 Å². The normalized spacial score (nSPS) is 17.2. The minimum atomic E-state index is -4.70. The number of ether oxygens (including phenoxy) is 2. The zero-order chi connectivity index (χ0) is 13.7. The van der Waals surface area contributed by atoms with E-state index >= 15 is 0 Å². The van der Waals surface area contributed by atoms with E-state index in [4.69, 9.17) is 4.74 Å². The van der Waals surface area contributed by atoms with Crippen molar-refractivity contribution in [1.82, 2.24) is 5.32 Å². The first-order valence-corrected chi connectivity index (χ1v) is 6.23. The summed E-state index contributed by atoms with van der Waals surface area (Å²) in [4.78, 5) is 0. The maximum atomic E-state index is 12.2. The molecule has 0 aliphatic carbocycles. The monoisotopic (exact) mass is 275 g/mol. The molecule has 6 heteroatoms. The van der Waals surface area contributed by atoms with E-state index in [1.54, 1.807) is 6.07 Å². The van der Waals surface area contributed by atoms with E-state index in [0.29, 0.717) is 12.5 Å². The molecule has 1 aliphatic rings. The fourth-order valence-corrected chi connectivity index (χ4v) is 2.03. The topological polar surface area (TPSA) is 30.5 Å². The predicted octanol–water partition coefficient (Wildman–Crippen LogP) is 2.96. The van der Waals surface area contributed by atoms with Crippen LogP contribution in [0.4, 0.5) is 13.2 Å². The molecule has 0 spiro atoms. The molecule has 1 aromatic rings. The Labute approximate surface area is 109 Å². The molecule has 1 N–H and O–H groups in total. The number of benzene rings is 1. The van der Waals surface area contributed by atoms with Gasteiger partial charge in [0, 0.05) is 0 Å². The van der Waals surface area contributed by atoms with Crippen molar-refractivity contribution in [3.63, 3.8) is 0 Å². The molecule has 1 aliphatic heterocycles. The van der Waals surface area contributed by atoms with Gasteiger partial charge in [0.25, 0.3) is 0 Å². The van der Waals surface area contributed by atoms with Crippen LogP contribution in [0.1, 0.15) is 12.8 Å². The van der Waals surface area contributed by atoms with Gasteiger partial charge in [0.05, 0.1) is 6.61 Å². The molecule has 3 nitrogen and oxygen atoms in total. The van der Waals surface area contributed by atoms with Crippen LogP contribution in [0.3, 0.4) is 0 Å². The van der Waals surface area contributed by atoms with Gasteiger partial charge in [-0.25, -0.2) is 0 Å². The number of rotatable bonds is 4. The van der Waals surface area contributed by atoms with Gasteiger partial charge in [-0.3, -0.25) is 0 Å². The van der Waals surface area contributed by atoms with E-state index in [1.807, 2.05) is 0 Å². The predicted molar refractivity (Wildman–Crippen MR) is 64.2 cm³/mol. The zero-order valence-corrected chi connectivity index (χ0v) is 10.4. The van der Waals surface area contributed by atoms with Gasteiger partial charge in [-0.1, -0.05) is 12.1 Å². The summed E-state index contributed by atoms with van der Waals surface area (Å²) in [6, 6.07) is 5.85. The maximum Gasteiger partial charge on any atom is 0.573 e. The molecule has 106 valence electrons. The van der Waals surface area contributed by atoms with E-state index in [9.17, 15) is 13.2 Å². The van der Waals surface area contributed by atoms with E-state index in [2.05, 4.69) is 10.1 Å². The third-order valence-corrected chi connectivity index (χ3v) is 3.01. The van der Waals surface area contributed by atoms with E-state index < -0.39 is 6.36 Å². The molecule has 1 fully saturated rings. The van der Waals surface area contributed by atoms with Crippen molar-refractivity contribution in [2.24, 2.45) is 5.92 Å². The van der Waals surface area contributed by atoms with Gasteiger partial charge in [-0.15, -0.1) is 13.2 Å². The van der Waals surface area contributed by atoms with Gasteiger partial charge in [-0.2, -0.15) is 0 Å². The van der Waals surface area contributed by atoms with Gasteiger partial charge in [0.1, 0.15) is 0 Å². The van der Waals surface area contributed by atoms with Crippen molar-refractivity contribution in [2.75, 3.05) is 19.7 Å². The lowest BCUT2D eigenvalue weighted by Crippen LogP contribution is -2.30. The molecular formula is C13H16F3NO2. The number of hydrogen-bond acceptors (Lipinski definition) is 3. The highest BCUT2D eigenvalue weighted by atomic mass is 19.4. The van der Waals surface area contributed by atoms with Crippen molar-refractivity contribution in [3.8, 4) is 11.5 Å². The van der Waals surface area contributed by atoms with Gasteiger partial charge < -0.3 is 14.8 Å². The molecule has 0 unspecified atom stereocenters. The highest BCUT2D eigenvalue weighted by Gasteiger charge is 2.32. The highest BCUT2D eigenvalue weighted by molar-refractivity contribution is 5.39. The van der Waals surface area contributed by atoms with E-state index in [-0.39, 0.29) is 11.5 Å². The number of piperidine rings is 1. The van der Waals surface area contributed by atoms with Crippen LogP contribution in [0, 0.1) is 5.92 Å². The minimum Gasteiger partial charge on any atom is -0.489 e. The number of halogens is 3. The third kappa shape index (κ3) is 4.63. The maximum absolute atomic E-state index is 12.2. The lowest BCUT2D eigenvalue weighted by atomic mass is 9.99. The van der Waals surface area contributed by atoms with Gasteiger partial charge in [0.15, 0.2) is 11.5 Å². The first-order valence-electron chi connectivity index (χ1n) is 6.23. The average molecular weight is 275 g/mol. The number of para-hydroxylation sites is 2. The number of nitrogens with one attached hydrogen (secondary N) is 1. The molecule has 1 heterocycles. The van der Waals surface area contributed by atoms with Gasteiger partial charge >= 0.3 is 6.36 Å². The van der Waals surface area contributed by atoms with Crippen LogP contribution in [-0.2, 0) is 0 Å². The molecule has 0 atom stereocenters. The molecule has 2 rings (SSSR count). The zero-order valence-electron chi connectivity index (χ0n) is 10.4. The van der Waals surface area contributed by atoms with Crippen LogP contribution >= 0.6 is 0 Å². The van der Waals surface area contributed by atoms with Crippen LogP contribution in [-0.4, -0.2) is 26.1 Å². The smallest absolute Gasteiger partial charge is 0.489 e. The second-order valence-corrected chi connectivity index (χ2v) is 4.50. The first kappa shape index (κ1) is 14.0. The Bertz CT molecular complexity index is 403. The van der Waals surface area contributed by atoms with Gasteiger partial charge in [-0.05, 0) is 44.0 Å². The Morgan fingerprint density at radius 3 is 2.37 bits per heavy atom. The van der Waals surface area contributed by atoms with Crippen LogP contribution in [0.5, 0.6) is 11.5 Å². The molecule has 0 aromatic heterocycles. The van der Waals surface area contributed by atoms with Crippen molar-refractivity contribution in [3.05, 3.63) is 24.3 Å². The standard InChI is InChI=1S/C13H16F3NO2/c14-13(15,16)19-12-4-2-1-3-11(12)18-9-10-5-7-17-8-6-10/h1-4,10,17H,5-9H2. The Morgan fingerprint density at radius 2 is 1.74 bits per heavy atom. The Kier molecular flexibility index (Phi) is 4.52. The number of alkyl halides is 3. The van der Waals surface area contributed by atoms with Crippen molar-refractivity contribution < 1.29 is 22.6 Å². The summed E-state index contributed by atoms with van der Waals surface area (Å²) in [7, 11) is 0. The molecule has 1 saturated heterocycles. The molecular weight excluding hydrogens is 259 g/mol. The van der Waals surface area contributed by atoms with E-state index in [0.717, 1.165) is 25.9 Å². The lowest BCUT2D eigenvalue weighted by Gasteiger charge is -2.23. The second kappa shape index (κ2) is 6.14. The SMILES string of the molecule is FC(F)(F)Oc1ccccc1OCC1CCNCC1. The van der Waals surface area contributed by atoms with Crippen LogP contribution in [0.2, 0.25) is 0 Å². The second-order valence-electron chi connectivity index (χ2n) is 4.50. The summed E-state index contributed by atoms with van der Waals surface area (Å²) in [5.41, 5.74) is 0. The van der Waals surface area contributed by atoms with Crippen molar-refractivity contribution in [1.29, 1.82) is 0 Å². The third-order valence-electron chi connectivity index (χ3n) is 3.01.